The summed E-state index contributed by atoms with van der Waals surface area (Å²) in [7, 11) is 0. The van der Waals surface area contributed by atoms with Gasteiger partial charge in [-0.05, 0) is 12.5 Å². The van der Waals surface area contributed by atoms with E-state index in [0.717, 1.165) is 5.69 Å². The number of aromatic nitrogens is 3. The molecule has 1 heterocycles. The summed E-state index contributed by atoms with van der Waals surface area (Å²) in [5, 5.41) is 16.9. The molecule has 16 heavy (non-hydrogen) atoms. The van der Waals surface area contributed by atoms with Crippen LogP contribution >= 0.6 is 0 Å². The van der Waals surface area contributed by atoms with Gasteiger partial charge in [-0.2, -0.15) is 0 Å². The molecule has 0 radical (unpaired) electrons. The van der Waals surface area contributed by atoms with E-state index in [2.05, 4.69) is 29.4 Å². The Kier molecular flexibility index (Phi) is 3.31. The van der Waals surface area contributed by atoms with E-state index in [1.165, 1.54) is 5.56 Å². The zero-order chi connectivity index (χ0) is 11.4. The molecule has 0 unspecified atom stereocenters. The summed E-state index contributed by atoms with van der Waals surface area (Å²) in [5.74, 6) is 0. The lowest BCUT2D eigenvalue weighted by atomic mass is 10.1. The molecule has 0 fully saturated rings. The van der Waals surface area contributed by atoms with E-state index in [0.29, 0.717) is 6.42 Å². The van der Waals surface area contributed by atoms with Gasteiger partial charge in [-0.25, -0.2) is 4.68 Å². The van der Waals surface area contributed by atoms with Gasteiger partial charge in [0.1, 0.15) is 0 Å². The number of aliphatic hydroxyl groups is 1. The number of rotatable bonds is 4. The quantitative estimate of drug-likeness (QED) is 0.842. The Balaban J connectivity index is 2.17. The van der Waals surface area contributed by atoms with Crippen molar-refractivity contribution in [1.82, 2.24) is 15.0 Å². The lowest BCUT2D eigenvalue weighted by Crippen LogP contribution is -2.07. The number of hydrogen-bond donors (Lipinski definition) is 1. The molecule has 0 aliphatic heterocycles. The number of nitrogens with zero attached hydrogens (tertiary/aromatic N) is 3. The van der Waals surface area contributed by atoms with Crippen LogP contribution in [0.15, 0.2) is 36.5 Å². The van der Waals surface area contributed by atoms with E-state index >= 15 is 0 Å². The average Bonchev–Trinajstić information content (AvgIpc) is 2.78. The summed E-state index contributed by atoms with van der Waals surface area (Å²) in [6, 6.07) is 10.3. The molecular formula is C12H15N3O. The fourth-order valence-electron chi connectivity index (χ4n) is 1.62. The van der Waals surface area contributed by atoms with Crippen LogP contribution in [0.25, 0.3) is 0 Å². The van der Waals surface area contributed by atoms with E-state index in [4.69, 9.17) is 5.11 Å². The van der Waals surface area contributed by atoms with Gasteiger partial charge in [0.2, 0.25) is 0 Å². The van der Waals surface area contributed by atoms with Gasteiger partial charge in [-0.1, -0.05) is 35.5 Å². The van der Waals surface area contributed by atoms with Crippen molar-refractivity contribution in [3.8, 4) is 0 Å². The summed E-state index contributed by atoms with van der Waals surface area (Å²) in [4.78, 5) is 0. The van der Waals surface area contributed by atoms with Crippen LogP contribution in [0.5, 0.6) is 0 Å². The molecule has 0 aliphatic rings. The minimum Gasteiger partial charge on any atom is -0.396 e. The number of aliphatic hydroxyl groups excluding tert-OH is 1. The maximum Gasteiger partial charge on any atom is 0.0850 e. The third kappa shape index (κ3) is 2.28. The van der Waals surface area contributed by atoms with Gasteiger partial charge >= 0.3 is 0 Å². The molecular weight excluding hydrogens is 202 g/mol. The Morgan fingerprint density at radius 3 is 2.75 bits per heavy atom. The molecule has 1 N–H and O–H groups in total. The van der Waals surface area contributed by atoms with Gasteiger partial charge in [0.25, 0.3) is 0 Å². The van der Waals surface area contributed by atoms with Gasteiger partial charge in [0, 0.05) is 19.2 Å². The van der Waals surface area contributed by atoms with E-state index in [1.807, 2.05) is 29.1 Å². The second kappa shape index (κ2) is 4.90. The Morgan fingerprint density at radius 2 is 2.06 bits per heavy atom. The fourth-order valence-corrected chi connectivity index (χ4v) is 1.62. The first-order valence-corrected chi connectivity index (χ1v) is 5.38. The maximum absolute atomic E-state index is 8.81. The van der Waals surface area contributed by atoms with Crippen molar-refractivity contribution in [3.63, 3.8) is 0 Å². The maximum atomic E-state index is 8.81. The van der Waals surface area contributed by atoms with Crippen molar-refractivity contribution >= 4 is 0 Å². The highest BCUT2D eigenvalue weighted by molar-refractivity contribution is 5.18. The van der Waals surface area contributed by atoms with Crippen LogP contribution in [0.1, 0.15) is 24.2 Å². The minimum atomic E-state index is 0.110. The zero-order valence-corrected chi connectivity index (χ0v) is 9.24. The van der Waals surface area contributed by atoms with Crippen LogP contribution in [0.4, 0.5) is 0 Å². The summed E-state index contributed by atoms with van der Waals surface area (Å²) in [6.45, 7) is 2.19. The molecule has 0 bridgehead atoms. The molecule has 84 valence electrons. The lowest BCUT2D eigenvalue weighted by molar-refractivity contribution is 0.298. The molecule has 0 saturated heterocycles. The topological polar surface area (TPSA) is 50.9 Å². The molecule has 2 rings (SSSR count). The van der Waals surface area contributed by atoms with Gasteiger partial charge < -0.3 is 5.11 Å². The summed E-state index contributed by atoms with van der Waals surface area (Å²) in [5.41, 5.74) is 2.02. The molecule has 4 nitrogen and oxygen atoms in total. The molecule has 0 aliphatic carbocycles. The highest BCUT2D eigenvalue weighted by Gasteiger charge is 2.09. The second-order valence-electron chi connectivity index (χ2n) is 3.75. The number of benzene rings is 1. The van der Waals surface area contributed by atoms with Crippen molar-refractivity contribution in [3.05, 3.63) is 47.8 Å². The van der Waals surface area contributed by atoms with Crippen molar-refractivity contribution < 1.29 is 5.11 Å². The monoisotopic (exact) mass is 217 g/mol. The highest BCUT2D eigenvalue weighted by Crippen LogP contribution is 2.16. The molecule has 0 saturated carbocycles. The van der Waals surface area contributed by atoms with E-state index in [-0.39, 0.29) is 12.6 Å². The van der Waals surface area contributed by atoms with Crippen LogP contribution in [0, 0.1) is 0 Å². The number of hydrogen-bond acceptors (Lipinski definition) is 3. The summed E-state index contributed by atoms with van der Waals surface area (Å²) in [6.07, 6.45) is 2.44. The van der Waals surface area contributed by atoms with Crippen molar-refractivity contribution in [1.29, 1.82) is 0 Å². The van der Waals surface area contributed by atoms with E-state index in [1.54, 1.807) is 0 Å². The largest absolute Gasteiger partial charge is 0.396 e. The molecule has 4 heteroatoms. The Labute approximate surface area is 94.5 Å². The van der Waals surface area contributed by atoms with Crippen LogP contribution in [0.2, 0.25) is 0 Å². The summed E-state index contributed by atoms with van der Waals surface area (Å²) >= 11 is 0. The Bertz CT molecular complexity index is 439. The van der Waals surface area contributed by atoms with Gasteiger partial charge in [0.05, 0.1) is 11.7 Å². The first kappa shape index (κ1) is 10.8. The third-order valence-electron chi connectivity index (χ3n) is 2.60. The molecule has 1 atom stereocenters. The zero-order valence-electron chi connectivity index (χ0n) is 9.24. The average molecular weight is 217 g/mol. The van der Waals surface area contributed by atoms with Crippen LogP contribution in [-0.2, 0) is 6.42 Å². The Hall–Kier alpha value is -1.68. The van der Waals surface area contributed by atoms with Gasteiger partial charge in [-0.3, -0.25) is 0 Å². The molecule has 2 aromatic rings. The minimum absolute atomic E-state index is 0.110. The molecule has 0 spiro atoms. The Morgan fingerprint density at radius 1 is 1.31 bits per heavy atom. The smallest absolute Gasteiger partial charge is 0.0850 e. The van der Waals surface area contributed by atoms with Crippen molar-refractivity contribution in [2.24, 2.45) is 0 Å². The highest BCUT2D eigenvalue weighted by atomic mass is 16.3. The first-order chi connectivity index (χ1) is 7.81. The first-order valence-electron chi connectivity index (χ1n) is 5.38. The predicted octanol–water partition coefficient (Wildman–Crippen LogP) is 1.42. The van der Waals surface area contributed by atoms with Gasteiger partial charge in [0.15, 0.2) is 0 Å². The third-order valence-corrected chi connectivity index (χ3v) is 2.60. The molecule has 0 amide bonds. The second-order valence-corrected chi connectivity index (χ2v) is 3.75. The standard InChI is InChI=1S/C12H15N3O/c1-10(11-5-3-2-4-6-11)15-9-12(7-8-16)13-14-15/h2-6,9-10,16H,7-8H2,1H3/t10-/m1/s1. The van der Waals surface area contributed by atoms with Gasteiger partial charge in [-0.15, -0.1) is 5.10 Å². The van der Waals surface area contributed by atoms with Crippen molar-refractivity contribution in [2.45, 2.75) is 19.4 Å². The van der Waals surface area contributed by atoms with Crippen molar-refractivity contribution in [2.75, 3.05) is 6.61 Å². The summed E-state index contributed by atoms with van der Waals surface area (Å²) < 4.78 is 1.82. The van der Waals surface area contributed by atoms with Crippen LogP contribution in [0.3, 0.4) is 0 Å². The van der Waals surface area contributed by atoms with E-state index in [9.17, 15) is 0 Å². The molecule has 1 aromatic carbocycles. The van der Waals surface area contributed by atoms with Crippen LogP contribution in [-0.4, -0.2) is 26.7 Å². The predicted molar refractivity (Wildman–Crippen MR) is 61.1 cm³/mol. The fraction of sp³-hybridized carbons (Fsp3) is 0.333. The lowest BCUT2D eigenvalue weighted by Gasteiger charge is -2.10. The van der Waals surface area contributed by atoms with Crippen LogP contribution < -0.4 is 0 Å². The SMILES string of the molecule is C[C@H](c1ccccc1)n1cc(CCO)nn1. The normalized spacial score (nSPS) is 12.6. The molecule has 1 aromatic heterocycles. The van der Waals surface area contributed by atoms with E-state index < -0.39 is 0 Å².